The molecule has 2 aromatic carbocycles. The van der Waals surface area contributed by atoms with Gasteiger partial charge < -0.3 is 28.4 Å². The summed E-state index contributed by atoms with van der Waals surface area (Å²) >= 11 is 0. The Balaban J connectivity index is 1.27. The quantitative estimate of drug-likeness (QED) is 0.0607. The first-order valence-electron chi connectivity index (χ1n) is 16.3. The Morgan fingerprint density at radius 2 is 1.09 bits per heavy atom. The lowest BCUT2D eigenvalue weighted by molar-refractivity contribution is -0.141. The summed E-state index contributed by atoms with van der Waals surface area (Å²) in [6.07, 6.45) is 11.6. The molecule has 2 aromatic rings. The molecule has 0 radical (unpaired) electrons. The highest BCUT2D eigenvalue weighted by molar-refractivity contribution is 5.91. The van der Waals surface area contributed by atoms with Crippen molar-refractivity contribution in [1.29, 1.82) is 0 Å². The van der Waals surface area contributed by atoms with E-state index in [0.717, 1.165) is 69.9 Å². The number of hydrogen-bond acceptors (Lipinski definition) is 10. The van der Waals surface area contributed by atoms with Crippen LogP contribution < -0.4 is 14.2 Å². The maximum Gasteiger partial charge on any atom is 0.343 e. The number of esters is 4. The molecule has 0 spiro atoms. The molecule has 10 nitrogen and oxygen atoms in total. The molecule has 0 aliphatic heterocycles. The second-order valence-electron chi connectivity index (χ2n) is 11.2. The van der Waals surface area contributed by atoms with Gasteiger partial charge >= 0.3 is 23.9 Å². The highest BCUT2D eigenvalue weighted by atomic mass is 16.5. The van der Waals surface area contributed by atoms with Crippen LogP contribution >= 0.6 is 0 Å². The Hall–Kier alpha value is -4.44. The van der Waals surface area contributed by atoms with Gasteiger partial charge in [0.05, 0.1) is 37.4 Å². The Labute approximate surface area is 277 Å². The molecule has 254 valence electrons. The molecule has 1 aliphatic carbocycles. The van der Waals surface area contributed by atoms with Gasteiger partial charge in [0.25, 0.3) is 0 Å². The predicted octanol–water partition coefficient (Wildman–Crippen LogP) is 6.95. The van der Waals surface area contributed by atoms with Gasteiger partial charge in [-0.25, -0.2) is 14.4 Å². The average molecular weight is 651 g/mol. The minimum Gasteiger partial charge on any atom is -0.494 e. The first-order valence-corrected chi connectivity index (χ1v) is 16.3. The fourth-order valence-electron chi connectivity index (χ4n) is 4.94. The van der Waals surface area contributed by atoms with Crippen LogP contribution in [0.5, 0.6) is 17.2 Å². The van der Waals surface area contributed by atoms with E-state index in [1.165, 1.54) is 0 Å². The lowest BCUT2D eigenvalue weighted by Crippen LogP contribution is -2.29. The van der Waals surface area contributed by atoms with Crippen LogP contribution in [0.3, 0.4) is 0 Å². The highest BCUT2D eigenvalue weighted by Gasteiger charge is 2.28. The SMILES string of the molecule is C=CC(=O)OCCCCCCOc1ccc(C(=O)Oc2ccc(OC(=O)C3CCC(OCCCCCOC(=O)C=C)CC3)cc2)cc1. The van der Waals surface area contributed by atoms with Gasteiger partial charge in [-0.05, 0) is 119 Å². The van der Waals surface area contributed by atoms with Gasteiger partial charge in [0.1, 0.15) is 17.2 Å². The Kier molecular flexibility index (Phi) is 16.8. The molecule has 1 saturated carbocycles. The zero-order valence-electron chi connectivity index (χ0n) is 27.0. The van der Waals surface area contributed by atoms with E-state index in [-0.39, 0.29) is 18.0 Å². The summed E-state index contributed by atoms with van der Waals surface area (Å²) in [6, 6.07) is 13.1. The van der Waals surface area contributed by atoms with Crippen LogP contribution in [-0.4, -0.2) is 56.4 Å². The van der Waals surface area contributed by atoms with Gasteiger partial charge in [-0.15, -0.1) is 0 Å². The number of rotatable bonds is 21. The van der Waals surface area contributed by atoms with Crippen molar-refractivity contribution in [3.05, 3.63) is 79.4 Å². The Bertz CT molecular complexity index is 1280. The van der Waals surface area contributed by atoms with Gasteiger partial charge in [-0.1, -0.05) is 13.2 Å². The molecule has 3 rings (SSSR count). The Morgan fingerprint density at radius 1 is 0.596 bits per heavy atom. The van der Waals surface area contributed by atoms with Gasteiger partial charge in [0, 0.05) is 18.8 Å². The minimum absolute atomic E-state index is 0.139. The molecular weight excluding hydrogens is 604 g/mol. The van der Waals surface area contributed by atoms with E-state index in [1.54, 1.807) is 48.5 Å². The fourth-order valence-corrected chi connectivity index (χ4v) is 4.94. The molecule has 10 heteroatoms. The lowest BCUT2D eigenvalue weighted by Gasteiger charge is -2.27. The predicted molar refractivity (Wildman–Crippen MR) is 175 cm³/mol. The van der Waals surface area contributed by atoms with E-state index < -0.39 is 17.9 Å². The average Bonchev–Trinajstić information content (AvgIpc) is 3.10. The standard InChI is InChI=1S/C37H46O10/c1-3-34(38)44-26-9-6-5-8-24-42-30-16-12-28(13-17-30)36(40)46-32-20-22-33(23-21-32)47-37(41)29-14-18-31(19-15-29)43-25-10-7-11-27-45-35(39)4-2/h3-4,12-13,16-17,20-23,29,31H,1-2,5-11,14-15,18-19,24-27H2. The smallest absolute Gasteiger partial charge is 0.343 e. The summed E-state index contributed by atoms with van der Waals surface area (Å²) in [5.41, 5.74) is 0.382. The molecule has 47 heavy (non-hydrogen) atoms. The van der Waals surface area contributed by atoms with Crippen molar-refractivity contribution in [2.24, 2.45) is 5.92 Å². The number of ether oxygens (including phenoxy) is 6. The first kappa shape index (κ1) is 37.0. The summed E-state index contributed by atoms with van der Waals surface area (Å²) in [5.74, 6) is -0.369. The molecule has 1 aliphatic rings. The zero-order valence-corrected chi connectivity index (χ0v) is 27.0. The van der Waals surface area contributed by atoms with E-state index in [0.29, 0.717) is 62.1 Å². The van der Waals surface area contributed by atoms with E-state index in [2.05, 4.69) is 13.2 Å². The topological polar surface area (TPSA) is 124 Å². The highest BCUT2D eigenvalue weighted by Crippen LogP contribution is 2.29. The fraction of sp³-hybridized carbons (Fsp3) is 0.459. The molecule has 0 unspecified atom stereocenters. The molecule has 0 heterocycles. The molecule has 1 fully saturated rings. The van der Waals surface area contributed by atoms with Crippen LogP contribution in [0.2, 0.25) is 0 Å². The molecule has 0 amide bonds. The monoisotopic (exact) mass is 650 g/mol. The van der Waals surface area contributed by atoms with Gasteiger partial charge in [-0.3, -0.25) is 4.79 Å². The van der Waals surface area contributed by atoms with Crippen LogP contribution in [0.4, 0.5) is 0 Å². The molecule has 0 aromatic heterocycles. The summed E-state index contributed by atoms with van der Waals surface area (Å²) < 4.78 is 32.7. The third kappa shape index (κ3) is 14.7. The normalized spacial score (nSPS) is 15.6. The van der Waals surface area contributed by atoms with Crippen molar-refractivity contribution in [3.63, 3.8) is 0 Å². The van der Waals surface area contributed by atoms with Crippen LogP contribution in [-0.2, 0) is 28.6 Å². The van der Waals surface area contributed by atoms with Gasteiger partial charge in [0.2, 0.25) is 0 Å². The van der Waals surface area contributed by atoms with Crippen LogP contribution in [0.15, 0.2) is 73.8 Å². The van der Waals surface area contributed by atoms with E-state index >= 15 is 0 Å². The third-order valence-corrected chi connectivity index (χ3v) is 7.62. The maximum absolute atomic E-state index is 12.7. The van der Waals surface area contributed by atoms with Crippen LogP contribution in [0.25, 0.3) is 0 Å². The molecule has 0 N–H and O–H groups in total. The molecular formula is C37H46O10. The first-order chi connectivity index (χ1) is 22.9. The summed E-state index contributed by atoms with van der Waals surface area (Å²) in [5, 5.41) is 0. The van der Waals surface area contributed by atoms with Crippen molar-refractivity contribution in [1.82, 2.24) is 0 Å². The second kappa shape index (κ2) is 21.4. The van der Waals surface area contributed by atoms with Crippen LogP contribution in [0.1, 0.15) is 81.0 Å². The minimum atomic E-state index is -0.508. The summed E-state index contributed by atoms with van der Waals surface area (Å²) in [4.78, 5) is 47.4. The number of hydrogen-bond donors (Lipinski definition) is 0. The van der Waals surface area contributed by atoms with Crippen molar-refractivity contribution < 1.29 is 47.6 Å². The summed E-state index contributed by atoms with van der Waals surface area (Å²) in [7, 11) is 0. The molecule has 0 atom stereocenters. The second-order valence-corrected chi connectivity index (χ2v) is 11.2. The van der Waals surface area contributed by atoms with E-state index in [9.17, 15) is 19.2 Å². The molecule has 0 bridgehead atoms. The van der Waals surface area contributed by atoms with Crippen molar-refractivity contribution in [3.8, 4) is 17.2 Å². The maximum atomic E-state index is 12.7. The van der Waals surface area contributed by atoms with E-state index in [4.69, 9.17) is 28.4 Å². The number of unbranched alkanes of at least 4 members (excludes halogenated alkanes) is 5. The number of carbonyl (C=O) groups excluding carboxylic acids is 4. The van der Waals surface area contributed by atoms with Gasteiger partial charge in [-0.2, -0.15) is 0 Å². The number of carbonyl (C=O) groups is 4. The van der Waals surface area contributed by atoms with E-state index in [1.807, 2.05) is 0 Å². The number of benzene rings is 2. The zero-order chi connectivity index (χ0) is 33.7. The van der Waals surface area contributed by atoms with Gasteiger partial charge in [0.15, 0.2) is 0 Å². The largest absolute Gasteiger partial charge is 0.494 e. The summed E-state index contributed by atoms with van der Waals surface area (Å²) in [6.45, 7) is 8.70. The lowest BCUT2D eigenvalue weighted by atomic mass is 9.87. The van der Waals surface area contributed by atoms with Crippen molar-refractivity contribution >= 4 is 23.9 Å². The van der Waals surface area contributed by atoms with Crippen molar-refractivity contribution in [2.75, 3.05) is 26.4 Å². The molecule has 0 saturated heterocycles. The third-order valence-electron chi connectivity index (χ3n) is 7.62. The van der Waals surface area contributed by atoms with Crippen LogP contribution in [0, 0.1) is 5.92 Å². The van der Waals surface area contributed by atoms with Crippen molar-refractivity contribution in [2.45, 2.75) is 76.7 Å². The Morgan fingerprint density at radius 3 is 1.66 bits per heavy atom.